The average molecular weight is 125 g/mol. The third kappa shape index (κ3) is 5.56. The molecule has 0 spiro atoms. The summed E-state index contributed by atoms with van der Waals surface area (Å²) in [6.07, 6.45) is -1.34. The Bertz CT molecular complexity index is 70.6. The molecule has 0 heterocycles. The van der Waals surface area contributed by atoms with Crippen molar-refractivity contribution in [3.8, 4) is 0 Å². The molecule has 0 aliphatic heterocycles. The minimum atomic E-state index is -1.34. The first-order valence-electron chi connectivity index (χ1n) is 1.66. The molecule has 0 fully saturated rings. The molecule has 3 nitrogen and oxygen atoms in total. The SMILES string of the molecule is CC(Cl)OC(=O)O. The van der Waals surface area contributed by atoms with Gasteiger partial charge in [-0.1, -0.05) is 11.6 Å². The predicted molar refractivity (Wildman–Crippen MR) is 24.4 cm³/mol. The zero-order valence-electron chi connectivity index (χ0n) is 3.72. The molecule has 0 aromatic rings. The molecule has 4 heteroatoms. The first kappa shape index (κ1) is 6.56. The van der Waals surface area contributed by atoms with Crippen molar-refractivity contribution in [1.82, 2.24) is 0 Å². The lowest BCUT2D eigenvalue weighted by atomic mass is 10.9. The van der Waals surface area contributed by atoms with Crippen molar-refractivity contribution in [3.63, 3.8) is 0 Å². The normalized spacial score (nSPS) is 12.9. The topological polar surface area (TPSA) is 46.5 Å². The second-order valence-corrected chi connectivity index (χ2v) is 1.54. The maximum absolute atomic E-state index is 9.50. The third-order valence-corrected chi connectivity index (χ3v) is 0.352. The van der Waals surface area contributed by atoms with Crippen LogP contribution < -0.4 is 0 Å². The standard InChI is InChI=1S/C3H5ClO3/c1-2(4)7-3(5)6/h2H,1H3,(H,5,6). The summed E-state index contributed by atoms with van der Waals surface area (Å²) in [6, 6.07) is 0. The predicted octanol–water partition coefficient (Wildman–Crippen LogP) is 1.27. The van der Waals surface area contributed by atoms with Gasteiger partial charge in [0.25, 0.3) is 0 Å². The minimum Gasteiger partial charge on any atom is -0.450 e. The number of hydrogen-bond donors (Lipinski definition) is 1. The lowest BCUT2D eigenvalue weighted by Gasteiger charge is -1.97. The number of alkyl halides is 1. The van der Waals surface area contributed by atoms with Crippen molar-refractivity contribution in [1.29, 1.82) is 0 Å². The minimum absolute atomic E-state index is 0.752. The van der Waals surface area contributed by atoms with Crippen LogP contribution in [0.3, 0.4) is 0 Å². The smallest absolute Gasteiger partial charge is 0.450 e. The van der Waals surface area contributed by atoms with Crippen LogP contribution in [0.25, 0.3) is 0 Å². The van der Waals surface area contributed by atoms with Crippen LogP contribution in [0.4, 0.5) is 4.79 Å². The van der Waals surface area contributed by atoms with Crippen LogP contribution in [0.5, 0.6) is 0 Å². The molecule has 42 valence electrons. The lowest BCUT2D eigenvalue weighted by Crippen LogP contribution is -2.05. The van der Waals surface area contributed by atoms with Crippen LogP contribution in [0.2, 0.25) is 0 Å². The summed E-state index contributed by atoms with van der Waals surface area (Å²) in [5.41, 5.74) is -0.752. The molecule has 0 aromatic carbocycles. The van der Waals surface area contributed by atoms with E-state index in [0.717, 1.165) is 0 Å². The van der Waals surface area contributed by atoms with Gasteiger partial charge in [-0.2, -0.15) is 0 Å². The van der Waals surface area contributed by atoms with E-state index in [9.17, 15) is 4.79 Å². The Morgan fingerprint density at radius 2 is 2.43 bits per heavy atom. The maximum Gasteiger partial charge on any atom is 0.507 e. The van der Waals surface area contributed by atoms with Gasteiger partial charge in [0.05, 0.1) is 0 Å². The number of carboxylic acid groups (broad SMARTS) is 1. The van der Waals surface area contributed by atoms with E-state index in [1.165, 1.54) is 6.92 Å². The van der Waals surface area contributed by atoms with Gasteiger partial charge in [0.1, 0.15) is 0 Å². The van der Waals surface area contributed by atoms with Gasteiger partial charge in [-0.05, 0) is 6.92 Å². The van der Waals surface area contributed by atoms with Crippen molar-refractivity contribution in [2.75, 3.05) is 0 Å². The van der Waals surface area contributed by atoms with E-state index in [-0.39, 0.29) is 0 Å². The van der Waals surface area contributed by atoms with Crippen LogP contribution in [0, 0.1) is 0 Å². The van der Waals surface area contributed by atoms with Crippen molar-refractivity contribution in [2.24, 2.45) is 0 Å². The van der Waals surface area contributed by atoms with E-state index in [0.29, 0.717) is 0 Å². The number of hydrogen-bond acceptors (Lipinski definition) is 2. The summed E-state index contributed by atoms with van der Waals surface area (Å²) in [6.45, 7) is 1.43. The molecule has 1 N–H and O–H groups in total. The van der Waals surface area contributed by atoms with Gasteiger partial charge >= 0.3 is 6.16 Å². The zero-order chi connectivity index (χ0) is 5.86. The van der Waals surface area contributed by atoms with Gasteiger partial charge < -0.3 is 9.84 Å². The summed E-state index contributed by atoms with van der Waals surface area (Å²) in [7, 11) is 0. The quantitative estimate of drug-likeness (QED) is 0.423. The summed E-state index contributed by atoms with van der Waals surface area (Å²) in [5.74, 6) is 0. The van der Waals surface area contributed by atoms with Gasteiger partial charge in [0.15, 0.2) is 5.56 Å². The van der Waals surface area contributed by atoms with Crippen molar-refractivity contribution in [2.45, 2.75) is 12.5 Å². The maximum atomic E-state index is 9.50. The van der Waals surface area contributed by atoms with E-state index in [1.54, 1.807) is 0 Å². The van der Waals surface area contributed by atoms with Crippen LogP contribution in [-0.4, -0.2) is 16.8 Å². The summed E-state index contributed by atoms with van der Waals surface area (Å²) >= 11 is 5.07. The molecule has 0 radical (unpaired) electrons. The fourth-order valence-corrected chi connectivity index (χ4v) is 0.215. The van der Waals surface area contributed by atoms with Crippen molar-refractivity contribution in [3.05, 3.63) is 0 Å². The first-order valence-corrected chi connectivity index (χ1v) is 2.10. The highest BCUT2D eigenvalue weighted by Crippen LogP contribution is 1.94. The molecular weight excluding hydrogens is 119 g/mol. The molecule has 0 bridgehead atoms. The van der Waals surface area contributed by atoms with E-state index in [2.05, 4.69) is 4.74 Å². The fraction of sp³-hybridized carbons (Fsp3) is 0.667. The van der Waals surface area contributed by atoms with E-state index >= 15 is 0 Å². The van der Waals surface area contributed by atoms with Gasteiger partial charge in [-0.15, -0.1) is 0 Å². The molecule has 1 unspecified atom stereocenters. The molecule has 0 aromatic heterocycles. The molecule has 0 aliphatic rings. The molecule has 0 aliphatic carbocycles. The first-order chi connectivity index (χ1) is 3.13. The summed E-state index contributed by atoms with van der Waals surface area (Å²) in [4.78, 5) is 9.50. The number of halogens is 1. The largest absolute Gasteiger partial charge is 0.507 e. The number of carbonyl (C=O) groups is 1. The highest BCUT2D eigenvalue weighted by molar-refractivity contribution is 6.19. The molecular formula is C3H5ClO3. The Hall–Kier alpha value is -0.440. The van der Waals surface area contributed by atoms with Crippen LogP contribution in [-0.2, 0) is 4.74 Å². The zero-order valence-corrected chi connectivity index (χ0v) is 4.47. The molecule has 0 rings (SSSR count). The van der Waals surface area contributed by atoms with Gasteiger partial charge in [-0.3, -0.25) is 0 Å². The lowest BCUT2D eigenvalue weighted by molar-refractivity contribution is 0.0850. The van der Waals surface area contributed by atoms with E-state index < -0.39 is 11.7 Å². The van der Waals surface area contributed by atoms with E-state index in [4.69, 9.17) is 16.7 Å². The highest BCUT2D eigenvalue weighted by Gasteiger charge is 1.99. The Labute approximate surface area is 45.8 Å². The van der Waals surface area contributed by atoms with Crippen molar-refractivity contribution >= 4 is 17.8 Å². The monoisotopic (exact) mass is 124 g/mol. The Kier molecular flexibility index (Phi) is 2.52. The second-order valence-electron chi connectivity index (χ2n) is 0.927. The average Bonchev–Trinajstić information content (AvgIpc) is 1.27. The third-order valence-electron chi connectivity index (χ3n) is 0.263. The Morgan fingerprint density at radius 3 is 2.43 bits per heavy atom. The van der Waals surface area contributed by atoms with E-state index in [1.807, 2.05) is 0 Å². The molecule has 7 heavy (non-hydrogen) atoms. The Morgan fingerprint density at radius 1 is 2.00 bits per heavy atom. The molecule has 1 atom stereocenters. The van der Waals surface area contributed by atoms with Crippen LogP contribution >= 0.6 is 11.6 Å². The van der Waals surface area contributed by atoms with Gasteiger partial charge in [0, 0.05) is 0 Å². The second kappa shape index (κ2) is 2.69. The Balaban J connectivity index is 3.13. The number of rotatable bonds is 1. The molecule has 0 saturated heterocycles. The van der Waals surface area contributed by atoms with Gasteiger partial charge in [0.2, 0.25) is 0 Å². The molecule has 0 amide bonds. The fourth-order valence-electron chi connectivity index (χ4n) is 0.139. The summed E-state index contributed by atoms with van der Waals surface area (Å²) < 4.78 is 3.93. The van der Waals surface area contributed by atoms with Gasteiger partial charge in [-0.25, -0.2) is 4.79 Å². The van der Waals surface area contributed by atoms with Crippen molar-refractivity contribution < 1.29 is 14.6 Å². The summed E-state index contributed by atoms with van der Waals surface area (Å²) in [5, 5.41) is 7.78. The number of ether oxygens (including phenoxy) is 1. The highest BCUT2D eigenvalue weighted by atomic mass is 35.5. The van der Waals surface area contributed by atoms with Crippen LogP contribution in [0.1, 0.15) is 6.92 Å². The van der Waals surface area contributed by atoms with Crippen LogP contribution in [0.15, 0.2) is 0 Å². The molecule has 0 saturated carbocycles.